The van der Waals surface area contributed by atoms with E-state index in [-0.39, 0.29) is 0 Å². The lowest BCUT2D eigenvalue weighted by Crippen LogP contribution is -2.08. The van der Waals surface area contributed by atoms with Gasteiger partial charge in [-0.3, -0.25) is 4.79 Å². The van der Waals surface area contributed by atoms with E-state index in [4.69, 9.17) is 5.11 Å². The van der Waals surface area contributed by atoms with Gasteiger partial charge in [0.05, 0.1) is 0 Å². The maximum atomic E-state index is 10.4. The van der Waals surface area contributed by atoms with Gasteiger partial charge in [0.1, 0.15) is 0 Å². The number of allylic oxidation sites excluding steroid dienone is 2. The second kappa shape index (κ2) is 4.82. The highest BCUT2D eigenvalue weighted by atomic mass is 16.4. The molecule has 84 valence electrons. The average molecular weight is 208 g/mol. The van der Waals surface area contributed by atoms with Gasteiger partial charge in [0.25, 0.3) is 0 Å². The van der Waals surface area contributed by atoms with E-state index in [2.05, 4.69) is 6.08 Å². The van der Waals surface area contributed by atoms with Gasteiger partial charge in [0, 0.05) is 6.42 Å². The topological polar surface area (TPSA) is 37.3 Å². The summed E-state index contributed by atoms with van der Waals surface area (Å²) in [5.41, 5.74) is 1.63. The molecule has 0 aliphatic heterocycles. The first kappa shape index (κ1) is 10.7. The minimum atomic E-state index is -0.669. The van der Waals surface area contributed by atoms with Crippen LogP contribution in [0.15, 0.2) is 11.6 Å². The van der Waals surface area contributed by atoms with E-state index in [1.807, 2.05) is 0 Å². The molecule has 0 spiro atoms. The third-order valence-corrected chi connectivity index (χ3v) is 3.91. The molecule has 0 aromatic carbocycles. The van der Waals surface area contributed by atoms with Crippen molar-refractivity contribution in [1.29, 1.82) is 0 Å². The summed E-state index contributed by atoms with van der Waals surface area (Å²) in [5.74, 6) is 1.19. The molecule has 0 radical (unpaired) electrons. The molecule has 2 saturated carbocycles. The van der Waals surface area contributed by atoms with Gasteiger partial charge in [0.15, 0.2) is 0 Å². The number of aliphatic carboxylic acids is 1. The largest absolute Gasteiger partial charge is 0.481 e. The zero-order valence-corrected chi connectivity index (χ0v) is 9.24. The minimum Gasteiger partial charge on any atom is -0.481 e. The van der Waals surface area contributed by atoms with Gasteiger partial charge >= 0.3 is 5.97 Å². The van der Waals surface area contributed by atoms with Crippen molar-refractivity contribution < 1.29 is 9.90 Å². The van der Waals surface area contributed by atoms with Crippen LogP contribution in [0, 0.1) is 11.8 Å². The van der Waals surface area contributed by atoms with Crippen LogP contribution in [0.3, 0.4) is 0 Å². The molecule has 2 heteroatoms. The van der Waals surface area contributed by atoms with E-state index in [0.717, 1.165) is 24.7 Å². The molecule has 0 aromatic heterocycles. The molecule has 2 fully saturated rings. The number of carboxylic acids is 1. The first-order valence-corrected chi connectivity index (χ1v) is 6.16. The first-order chi connectivity index (χ1) is 7.25. The van der Waals surface area contributed by atoms with Gasteiger partial charge in [-0.15, -0.1) is 0 Å². The Balaban J connectivity index is 1.77. The van der Waals surface area contributed by atoms with Crippen molar-refractivity contribution in [3.8, 4) is 0 Å². The van der Waals surface area contributed by atoms with Crippen molar-refractivity contribution >= 4 is 5.97 Å². The van der Waals surface area contributed by atoms with Crippen molar-refractivity contribution in [1.82, 2.24) is 0 Å². The number of rotatable bonds is 4. The van der Waals surface area contributed by atoms with Crippen LogP contribution in [0.2, 0.25) is 0 Å². The highest BCUT2D eigenvalue weighted by molar-refractivity contribution is 5.66. The van der Waals surface area contributed by atoms with Crippen LogP contribution in [-0.4, -0.2) is 11.1 Å². The molecule has 2 atom stereocenters. The smallest absolute Gasteiger partial charge is 0.303 e. The monoisotopic (exact) mass is 208 g/mol. The number of carboxylic acid groups (broad SMARTS) is 1. The van der Waals surface area contributed by atoms with Crippen molar-refractivity contribution in [2.75, 3.05) is 0 Å². The summed E-state index contributed by atoms with van der Waals surface area (Å²) in [6.07, 6.45) is 11.3. The molecule has 0 amide bonds. The fourth-order valence-electron chi connectivity index (χ4n) is 3.06. The van der Waals surface area contributed by atoms with Crippen LogP contribution in [0.5, 0.6) is 0 Å². The molecule has 2 aliphatic rings. The summed E-state index contributed by atoms with van der Waals surface area (Å²) < 4.78 is 0. The normalized spacial score (nSPS) is 32.1. The zero-order chi connectivity index (χ0) is 10.7. The second-order valence-electron chi connectivity index (χ2n) is 4.98. The predicted octanol–water partition coefficient (Wildman–Crippen LogP) is 3.38. The Kier molecular flexibility index (Phi) is 3.45. The van der Waals surface area contributed by atoms with Crippen molar-refractivity contribution in [3.63, 3.8) is 0 Å². The van der Waals surface area contributed by atoms with E-state index >= 15 is 0 Å². The van der Waals surface area contributed by atoms with E-state index in [9.17, 15) is 4.79 Å². The Labute approximate surface area is 91.4 Å². The molecule has 0 heterocycles. The van der Waals surface area contributed by atoms with Crippen molar-refractivity contribution in [2.24, 2.45) is 11.8 Å². The van der Waals surface area contributed by atoms with Gasteiger partial charge in [0.2, 0.25) is 0 Å². The van der Waals surface area contributed by atoms with Crippen molar-refractivity contribution in [3.05, 3.63) is 11.6 Å². The summed E-state index contributed by atoms with van der Waals surface area (Å²) in [7, 11) is 0. The van der Waals surface area contributed by atoms with E-state index in [0.29, 0.717) is 6.42 Å². The third kappa shape index (κ3) is 2.83. The zero-order valence-electron chi connectivity index (χ0n) is 9.24. The predicted molar refractivity (Wildman–Crippen MR) is 59.6 cm³/mol. The number of fused-ring (bicyclic) bond motifs is 2. The van der Waals surface area contributed by atoms with Gasteiger partial charge in [-0.05, 0) is 56.8 Å². The maximum Gasteiger partial charge on any atom is 0.303 e. The summed E-state index contributed by atoms with van der Waals surface area (Å²) >= 11 is 0. The molecule has 2 bridgehead atoms. The minimum absolute atomic E-state index is 0.317. The van der Waals surface area contributed by atoms with Crippen LogP contribution < -0.4 is 0 Å². The Morgan fingerprint density at radius 1 is 1.40 bits per heavy atom. The SMILES string of the molecule is O=C(O)CCCC=C1CCC2CCC1C2. The third-order valence-electron chi connectivity index (χ3n) is 3.91. The molecule has 2 aliphatic carbocycles. The van der Waals surface area contributed by atoms with Gasteiger partial charge in [-0.25, -0.2) is 0 Å². The Morgan fingerprint density at radius 2 is 2.27 bits per heavy atom. The highest BCUT2D eigenvalue weighted by Gasteiger charge is 2.31. The quantitative estimate of drug-likeness (QED) is 0.568. The molecule has 0 saturated heterocycles. The standard InChI is InChI=1S/C13H20O2/c14-13(15)4-2-1-3-11-7-5-10-6-8-12(11)9-10/h3,10,12H,1-2,4-9H2,(H,14,15). The van der Waals surface area contributed by atoms with Crippen LogP contribution >= 0.6 is 0 Å². The molecule has 2 unspecified atom stereocenters. The lowest BCUT2D eigenvalue weighted by atomic mass is 9.84. The lowest BCUT2D eigenvalue weighted by Gasteiger charge is -2.22. The Morgan fingerprint density at radius 3 is 3.07 bits per heavy atom. The number of unbranched alkanes of at least 4 members (excludes halogenated alkanes) is 1. The average Bonchev–Trinajstić information content (AvgIpc) is 2.58. The van der Waals surface area contributed by atoms with E-state index in [1.54, 1.807) is 5.57 Å². The summed E-state index contributed by atoms with van der Waals surface area (Å²) in [6.45, 7) is 0. The number of hydrogen-bond donors (Lipinski definition) is 1. The van der Waals surface area contributed by atoms with E-state index in [1.165, 1.54) is 32.1 Å². The highest BCUT2D eigenvalue weighted by Crippen LogP contribution is 2.45. The fraction of sp³-hybridized carbons (Fsp3) is 0.769. The summed E-state index contributed by atoms with van der Waals surface area (Å²) in [4.78, 5) is 10.4. The Hall–Kier alpha value is -0.790. The maximum absolute atomic E-state index is 10.4. The number of hydrogen-bond acceptors (Lipinski definition) is 1. The van der Waals surface area contributed by atoms with E-state index < -0.39 is 5.97 Å². The van der Waals surface area contributed by atoms with Crippen LogP contribution in [0.1, 0.15) is 51.4 Å². The first-order valence-electron chi connectivity index (χ1n) is 6.16. The molecular formula is C13H20O2. The summed E-state index contributed by atoms with van der Waals surface area (Å²) in [6, 6.07) is 0. The molecular weight excluding hydrogens is 188 g/mol. The second-order valence-corrected chi connectivity index (χ2v) is 4.98. The number of carbonyl (C=O) groups is 1. The fourth-order valence-corrected chi connectivity index (χ4v) is 3.06. The van der Waals surface area contributed by atoms with Gasteiger partial charge < -0.3 is 5.11 Å². The molecule has 1 N–H and O–H groups in total. The molecule has 2 rings (SSSR count). The van der Waals surface area contributed by atoms with Crippen LogP contribution in [-0.2, 0) is 4.79 Å². The van der Waals surface area contributed by atoms with Crippen LogP contribution in [0.25, 0.3) is 0 Å². The lowest BCUT2D eigenvalue weighted by molar-refractivity contribution is -0.137. The van der Waals surface area contributed by atoms with Crippen LogP contribution in [0.4, 0.5) is 0 Å². The Bertz CT molecular complexity index is 268. The molecule has 15 heavy (non-hydrogen) atoms. The molecule has 0 aromatic rings. The van der Waals surface area contributed by atoms with Gasteiger partial charge in [-0.1, -0.05) is 11.6 Å². The molecule has 2 nitrogen and oxygen atoms in total. The summed E-state index contributed by atoms with van der Waals surface area (Å²) in [5, 5.41) is 8.53. The van der Waals surface area contributed by atoms with Crippen molar-refractivity contribution in [2.45, 2.75) is 51.4 Å². The van der Waals surface area contributed by atoms with Gasteiger partial charge in [-0.2, -0.15) is 0 Å².